The number of hydrogen-bond donors (Lipinski definition) is 2. The summed E-state index contributed by atoms with van der Waals surface area (Å²) in [6.45, 7) is 6.42. The van der Waals surface area contributed by atoms with Gasteiger partial charge in [0.2, 0.25) is 5.95 Å². The normalized spacial score (nSPS) is 15.3. The summed E-state index contributed by atoms with van der Waals surface area (Å²) in [4.78, 5) is 6.78. The van der Waals surface area contributed by atoms with E-state index in [0.29, 0.717) is 6.61 Å². The number of nitrogens with one attached hydrogen (secondary N) is 2. The number of benzene rings is 1. The number of anilines is 1. The van der Waals surface area contributed by atoms with E-state index in [2.05, 4.69) is 25.4 Å². The van der Waals surface area contributed by atoms with Crippen LogP contribution < -0.4 is 15.0 Å². The predicted octanol–water partition coefficient (Wildman–Crippen LogP) is 1.28. The summed E-state index contributed by atoms with van der Waals surface area (Å²) >= 11 is 0. The molecule has 0 spiro atoms. The summed E-state index contributed by atoms with van der Waals surface area (Å²) in [6.07, 6.45) is 0. The smallest absolute Gasteiger partial charge is 0.245 e. The van der Waals surface area contributed by atoms with Crippen LogP contribution in [0.1, 0.15) is 6.92 Å². The van der Waals surface area contributed by atoms with Gasteiger partial charge in [-0.1, -0.05) is 12.1 Å². The van der Waals surface area contributed by atoms with Crippen LogP contribution in [0.25, 0.3) is 11.4 Å². The number of nitrogens with zero attached hydrogens (tertiary/aromatic N) is 3. The van der Waals surface area contributed by atoms with Gasteiger partial charge >= 0.3 is 0 Å². The van der Waals surface area contributed by atoms with Gasteiger partial charge in [0.1, 0.15) is 5.75 Å². The minimum atomic E-state index is 0.635. The standard InChI is InChI=1S/C14H19N5O/c1-2-20-12-6-4-3-5-11(12)13-16-14(18-17-13)19-9-7-15-8-10-19/h3-6,15H,2,7-10H2,1H3,(H,16,17,18). The molecule has 1 aliphatic rings. The molecular formula is C14H19N5O. The second-order valence-corrected chi connectivity index (χ2v) is 4.65. The van der Waals surface area contributed by atoms with E-state index in [1.54, 1.807) is 0 Å². The highest BCUT2D eigenvalue weighted by molar-refractivity contribution is 5.64. The van der Waals surface area contributed by atoms with Crippen LogP contribution in [-0.4, -0.2) is 48.0 Å². The third-order valence-corrected chi connectivity index (χ3v) is 3.32. The van der Waals surface area contributed by atoms with Crippen LogP contribution >= 0.6 is 0 Å². The molecule has 0 bridgehead atoms. The van der Waals surface area contributed by atoms with Crippen molar-refractivity contribution in [3.8, 4) is 17.1 Å². The molecule has 1 aliphatic heterocycles. The lowest BCUT2D eigenvalue weighted by atomic mass is 10.2. The summed E-state index contributed by atoms with van der Waals surface area (Å²) < 4.78 is 5.63. The second-order valence-electron chi connectivity index (χ2n) is 4.65. The van der Waals surface area contributed by atoms with Crippen molar-refractivity contribution >= 4 is 5.95 Å². The summed E-state index contributed by atoms with van der Waals surface area (Å²) in [5.74, 6) is 2.34. The Morgan fingerprint density at radius 3 is 2.85 bits per heavy atom. The third kappa shape index (κ3) is 2.60. The zero-order chi connectivity index (χ0) is 13.8. The van der Waals surface area contributed by atoms with Crippen LogP contribution in [0.2, 0.25) is 0 Å². The van der Waals surface area contributed by atoms with E-state index in [1.807, 2.05) is 31.2 Å². The Bertz CT molecular complexity index is 562. The molecule has 1 aromatic heterocycles. The lowest BCUT2D eigenvalue weighted by Crippen LogP contribution is -2.44. The number of ether oxygens (including phenoxy) is 1. The topological polar surface area (TPSA) is 66.1 Å². The molecule has 3 rings (SSSR count). The van der Waals surface area contributed by atoms with Crippen molar-refractivity contribution in [2.45, 2.75) is 6.92 Å². The predicted molar refractivity (Wildman–Crippen MR) is 78.1 cm³/mol. The molecule has 0 radical (unpaired) electrons. The van der Waals surface area contributed by atoms with E-state index in [9.17, 15) is 0 Å². The van der Waals surface area contributed by atoms with Crippen LogP contribution in [0.5, 0.6) is 5.75 Å². The molecule has 1 saturated heterocycles. The summed E-state index contributed by atoms with van der Waals surface area (Å²) in [6, 6.07) is 7.88. The van der Waals surface area contributed by atoms with Crippen LogP contribution in [0.15, 0.2) is 24.3 Å². The van der Waals surface area contributed by atoms with Crippen molar-refractivity contribution in [1.82, 2.24) is 20.5 Å². The van der Waals surface area contributed by atoms with Gasteiger partial charge in [0.05, 0.1) is 12.2 Å². The Balaban J connectivity index is 1.86. The highest BCUT2D eigenvalue weighted by atomic mass is 16.5. The zero-order valence-electron chi connectivity index (χ0n) is 11.6. The first-order valence-corrected chi connectivity index (χ1v) is 6.98. The van der Waals surface area contributed by atoms with Crippen molar-refractivity contribution in [3.05, 3.63) is 24.3 Å². The average molecular weight is 273 g/mol. The van der Waals surface area contributed by atoms with E-state index in [1.165, 1.54) is 0 Å². The van der Waals surface area contributed by atoms with Crippen LogP contribution in [-0.2, 0) is 0 Å². The fourth-order valence-corrected chi connectivity index (χ4v) is 2.32. The Morgan fingerprint density at radius 2 is 2.05 bits per heavy atom. The van der Waals surface area contributed by atoms with Crippen molar-refractivity contribution in [1.29, 1.82) is 0 Å². The average Bonchev–Trinajstić information content (AvgIpc) is 2.99. The molecule has 6 heteroatoms. The summed E-state index contributed by atoms with van der Waals surface area (Å²) in [7, 11) is 0. The van der Waals surface area contributed by atoms with Gasteiger partial charge in [0, 0.05) is 26.2 Å². The molecule has 0 unspecified atom stereocenters. The first-order chi connectivity index (χ1) is 9.88. The molecule has 20 heavy (non-hydrogen) atoms. The van der Waals surface area contributed by atoms with E-state index in [4.69, 9.17) is 4.74 Å². The number of H-pyrrole nitrogens is 1. The third-order valence-electron chi connectivity index (χ3n) is 3.32. The quantitative estimate of drug-likeness (QED) is 0.878. The van der Waals surface area contributed by atoms with Gasteiger partial charge in [-0.2, -0.15) is 4.98 Å². The molecule has 2 aromatic rings. The summed E-state index contributed by atoms with van der Waals surface area (Å²) in [5.41, 5.74) is 0.947. The fourth-order valence-electron chi connectivity index (χ4n) is 2.32. The maximum Gasteiger partial charge on any atom is 0.245 e. The lowest BCUT2D eigenvalue weighted by molar-refractivity contribution is 0.341. The van der Waals surface area contributed by atoms with E-state index in [0.717, 1.165) is 49.3 Å². The number of para-hydroxylation sites is 1. The van der Waals surface area contributed by atoms with Crippen LogP contribution in [0.3, 0.4) is 0 Å². The molecule has 1 aromatic carbocycles. The molecule has 6 nitrogen and oxygen atoms in total. The highest BCUT2D eigenvalue weighted by Gasteiger charge is 2.16. The van der Waals surface area contributed by atoms with Crippen molar-refractivity contribution in [2.75, 3.05) is 37.7 Å². The molecule has 2 heterocycles. The Kier molecular flexibility index (Phi) is 3.83. The Hall–Kier alpha value is -2.08. The molecule has 1 fully saturated rings. The molecule has 106 valence electrons. The van der Waals surface area contributed by atoms with E-state index < -0.39 is 0 Å². The monoisotopic (exact) mass is 273 g/mol. The van der Waals surface area contributed by atoms with E-state index >= 15 is 0 Å². The number of piperazine rings is 1. The molecule has 0 amide bonds. The zero-order valence-corrected chi connectivity index (χ0v) is 11.6. The fraction of sp³-hybridized carbons (Fsp3) is 0.429. The highest BCUT2D eigenvalue weighted by Crippen LogP contribution is 2.28. The van der Waals surface area contributed by atoms with Crippen molar-refractivity contribution in [3.63, 3.8) is 0 Å². The SMILES string of the molecule is CCOc1ccccc1-c1nc(N2CCNCC2)n[nH]1. The Morgan fingerprint density at radius 1 is 1.25 bits per heavy atom. The minimum absolute atomic E-state index is 0.635. The molecule has 0 aliphatic carbocycles. The second kappa shape index (κ2) is 5.92. The van der Waals surface area contributed by atoms with Gasteiger partial charge in [-0.15, -0.1) is 5.10 Å². The number of aromatic amines is 1. The van der Waals surface area contributed by atoms with Gasteiger partial charge in [0.15, 0.2) is 5.82 Å². The van der Waals surface area contributed by atoms with E-state index in [-0.39, 0.29) is 0 Å². The van der Waals surface area contributed by atoms with Gasteiger partial charge < -0.3 is 15.0 Å². The first-order valence-electron chi connectivity index (χ1n) is 6.98. The first kappa shape index (κ1) is 12.9. The number of aromatic nitrogens is 3. The van der Waals surface area contributed by atoms with Crippen molar-refractivity contribution < 1.29 is 4.74 Å². The number of rotatable bonds is 4. The lowest BCUT2D eigenvalue weighted by Gasteiger charge is -2.25. The van der Waals surface area contributed by atoms with Gasteiger partial charge in [-0.25, -0.2) is 0 Å². The molecular weight excluding hydrogens is 254 g/mol. The van der Waals surface area contributed by atoms with Gasteiger partial charge in [-0.05, 0) is 19.1 Å². The van der Waals surface area contributed by atoms with Crippen molar-refractivity contribution in [2.24, 2.45) is 0 Å². The van der Waals surface area contributed by atoms with Crippen LogP contribution in [0.4, 0.5) is 5.95 Å². The maximum atomic E-state index is 5.63. The summed E-state index contributed by atoms with van der Waals surface area (Å²) in [5, 5.41) is 10.7. The number of hydrogen-bond acceptors (Lipinski definition) is 5. The molecule has 0 atom stereocenters. The van der Waals surface area contributed by atoms with Crippen LogP contribution in [0, 0.1) is 0 Å². The molecule has 0 saturated carbocycles. The van der Waals surface area contributed by atoms with Gasteiger partial charge in [-0.3, -0.25) is 5.10 Å². The molecule has 2 N–H and O–H groups in total. The Labute approximate surface area is 118 Å². The minimum Gasteiger partial charge on any atom is -0.493 e. The van der Waals surface area contributed by atoms with Gasteiger partial charge in [0.25, 0.3) is 0 Å². The largest absolute Gasteiger partial charge is 0.493 e. The maximum absolute atomic E-state index is 5.63.